The summed E-state index contributed by atoms with van der Waals surface area (Å²) in [5.41, 5.74) is -0.861. The smallest absolute Gasteiger partial charge is 0.336 e. The maximum Gasteiger partial charge on any atom is 0.336 e. The Balaban J connectivity index is 2.75. The summed E-state index contributed by atoms with van der Waals surface area (Å²) >= 11 is 0. The van der Waals surface area contributed by atoms with Crippen molar-refractivity contribution in [2.45, 2.75) is 0 Å². The summed E-state index contributed by atoms with van der Waals surface area (Å²) in [6.07, 6.45) is 0. The van der Waals surface area contributed by atoms with Gasteiger partial charge in [0.25, 0.3) is 5.69 Å². The third-order valence-electron chi connectivity index (χ3n) is 2.69. The van der Waals surface area contributed by atoms with E-state index in [-0.39, 0.29) is 28.1 Å². The molecule has 0 aliphatic heterocycles. The van der Waals surface area contributed by atoms with Crippen LogP contribution in [0.15, 0.2) is 36.4 Å². The van der Waals surface area contributed by atoms with Crippen LogP contribution in [0.1, 0.15) is 10.4 Å². The molecule has 2 N–H and O–H groups in total. The van der Waals surface area contributed by atoms with E-state index >= 15 is 0 Å². The number of hydrogen-bond acceptors (Lipinski definition) is 4. The van der Waals surface area contributed by atoms with Gasteiger partial charge in [0.1, 0.15) is 11.6 Å². The predicted octanol–water partition coefficient (Wildman–Crippen LogP) is 2.80. The molecule has 0 aromatic heterocycles. The summed E-state index contributed by atoms with van der Waals surface area (Å²) < 4.78 is 13.2. The molecule has 0 saturated carbocycles. The SMILES string of the molecule is O=C(O)c1ccc([N+](=O)[O-])cc1-c1cc(F)ccc1O. The Labute approximate surface area is 111 Å². The maximum absolute atomic E-state index is 13.2. The van der Waals surface area contributed by atoms with Crippen LogP contribution in [0.5, 0.6) is 5.75 Å². The average Bonchev–Trinajstić information content (AvgIpc) is 2.40. The van der Waals surface area contributed by atoms with Crippen molar-refractivity contribution in [3.05, 3.63) is 57.9 Å². The molecular formula is C13H8FNO5. The van der Waals surface area contributed by atoms with Gasteiger partial charge in [-0.15, -0.1) is 0 Å². The number of rotatable bonds is 3. The van der Waals surface area contributed by atoms with Crippen LogP contribution in [-0.2, 0) is 0 Å². The summed E-state index contributed by atoms with van der Waals surface area (Å²) in [4.78, 5) is 21.2. The molecule has 0 bridgehead atoms. The molecule has 0 fully saturated rings. The minimum atomic E-state index is -1.33. The van der Waals surface area contributed by atoms with Gasteiger partial charge in [-0.1, -0.05) is 0 Å². The van der Waals surface area contributed by atoms with Crippen LogP contribution in [0, 0.1) is 15.9 Å². The lowest BCUT2D eigenvalue weighted by Gasteiger charge is -2.08. The lowest BCUT2D eigenvalue weighted by molar-refractivity contribution is -0.384. The second-order valence-corrected chi connectivity index (χ2v) is 3.95. The number of non-ortho nitro benzene ring substituents is 1. The number of phenols is 1. The van der Waals surface area contributed by atoms with Crippen LogP contribution < -0.4 is 0 Å². The first kappa shape index (κ1) is 13.5. The molecule has 2 aromatic rings. The molecule has 102 valence electrons. The van der Waals surface area contributed by atoms with Crippen molar-refractivity contribution in [3.63, 3.8) is 0 Å². The quantitative estimate of drug-likeness (QED) is 0.663. The van der Waals surface area contributed by atoms with Gasteiger partial charge in [0.15, 0.2) is 0 Å². The topological polar surface area (TPSA) is 101 Å². The van der Waals surface area contributed by atoms with Gasteiger partial charge in [0.2, 0.25) is 0 Å². The van der Waals surface area contributed by atoms with E-state index in [0.29, 0.717) is 0 Å². The normalized spacial score (nSPS) is 10.2. The number of carbonyl (C=O) groups is 1. The lowest BCUT2D eigenvalue weighted by atomic mass is 9.98. The van der Waals surface area contributed by atoms with Crippen molar-refractivity contribution in [3.8, 4) is 16.9 Å². The maximum atomic E-state index is 13.2. The molecular weight excluding hydrogens is 269 g/mol. The van der Waals surface area contributed by atoms with Crippen LogP contribution in [-0.4, -0.2) is 21.1 Å². The summed E-state index contributed by atoms with van der Waals surface area (Å²) in [6, 6.07) is 6.02. The van der Waals surface area contributed by atoms with Gasteiger partial charge < -0.3 is 10.2 Å². The van der Waals surface area contributed by atoms with Crippen molar-refractivity contribution >= 4 is 11.7 Å². The molecule has 0 heterocycles. The number of phenolic OH excluding ortho intramolecular Hbond substituents is 1. The molecule has 0 radical (unpaired) electrons. The van der Waals surface area contributed by atoms with Crippen molar-refractivity contribution in [1.82, 2.24) is 0 Å². The Morgan fingerprint density at radius 3 is 2.45 bits per heavy atom. The van der Waals surface area contributed by atoms with E-state index in [4.69, 9.17) is 5.11 Å². The molecule has 0 saturated heterocycles. The highest BCUT2D eigenvalue weighted by molar-refractivity contribution is 5.97. The number of nitro groups is 1. The average molecular weight is 277 g/mol. The van der Waals surface area contributed by atoms with Crippen molar-refractivity contribution in [2.24, 2.45) is 0 Å². The van der Waals surface area contributed by atoms with E-state index in [2.05, 4.69) is 0 Å². The van der Waals surface area contributed by atoms with Crippen molar-refractivity contribution in [2.75, 3.05) is 0 Å². The van der Waals surface area contributed by atoms with Gasteiger partial charge >= 0.3 is 5.97 Å². The van der Waals surface area contributed by atoms with E-state index in [1.54, 1.807) is 0 Å². The number of hydrogen-bond donors (Lipinski definition) is 2. The number of aromatic carboxylic acids is 1. The van der Waals surface area contributed by atoms with Crippen LogP contribution in [0.3, 0.4) is 0 Å². The molecule has 2 rings (SSSR count). The Morgan fingerprint density at radius 2 is 1.85 bits per heavy atom. The number of nitrogens with zero attached hydrogens (tertiary/aromatic N) is 1. The van der Waals surface area contributed by atoms with E-state index in [9.17, 15) is 24.4 Å². The van der Waals surface area contributed by atoms with E-state index in [1.165, 1.54) is 0 Å². The fourth-order valence-corrected chi connectivity index (χ4v) is 1.78. The highest BCUT2D eigenvalue weighted by Crippen LogP contribution is 2.34. The molecule has 2 aromatic carbocycles. The first-order chi connectivity index (χ1) is 9.40. The zero-order valence-electron chi connectivity index (χ0n) is 9.91. The Bertz CT molecular complexity index is 714. The molecule has 7 heteroatoms. The zero-order chi connectivity index (χ0) is 14.9. The summed E-state index contributed by atoms with van der Waals surface area (Å²) in [5.74, 6) is -2.39. The molecule has 0 atom stereocenters. The monoisotopic (exact) mass is 277 g/mol. The highest BCUT2D eigenvalue weighted by atomic mass is 19.1. The van der Waals surface area contributed by atoms with E-state index < -0.39 is 16.7 Å². The molecule has 0 amide bonds. The Hall–Kier alpha value is -2.96. The van der Waals surface area contributed by atoms with Crippen LogP contribution >= 0.6 is 0 Å². The number of aromatic hydroxyl groups is 1. The molecule has 6 nitrogen and oxygen atoms in total. The number of halogens is 1. The van der Waals surface area contributed by atoms with Gasteiger partial charge in [-0.3, -0.25) is 10.1 Å². The summed E-state index contributed by atoms with van der Waals surface area (Å²) in [7, 11) is 0. The first-order valence-electron chi connectivity index (χ1n) is 5.41. The fourth-order valence-electron chi connectivity index (χ4n) is 1.78. The van der Waals surface area contributed by atoms with Crippen LogP contribution in [0.25, 0.3) is 11.1 Å². The van der Waals surface area contributed by atoms with Gasteiger partial charge in [-0.2, -0.15) is 0 Å². The minimum absolute atomic E-state index is 0.119. The summed E-state index contributed by atoms with van der Waals surface area (Å²) in [5, 5.41) is 29.5. The number of carboxylic acid groups (broad SMARTS) is 1. The highest BCUT2D eigenvalue weighted by Gasteiger charge is 2.19. The zero-order valence-corrected chi connectivity index (χ0v) is 9.91. The summed E-state index contributed by atoms with van der Waals surface area (Å²) in [6.45, 7) is 0. The largest absolute Gasteiger partial charge is 0.507 e. The van der Waals surface area contributed by atoms with Gasteiger partial charge in [-0.25, -0.2) is 9.18 Å². The minimum Gasteiger partial charge on any atom is -0.507 e. The van der Waals surface area contributed by atoms with Crippen molar-refractivity contribution in [1.29, 1.82) is 0 Å². The van der Waals surface area contributed by atoms with Gasteiger partial charge in [-0.05, 0) is 24.3 Å². The second-order valence-electron chi connectivity index (χ2n) is 3.95. The number of nitro benzene ring substituents is 1. The molecule has 0 spiro atoms. The van der Waals surface area contributed by atoms with Crippen LogP contribution in [0.4, 0.5) is 10.1 Å². The third-order valence-corrected chi connectivity index (χ3v) is 2.69. The second kappa shape index (κ2) is 4.96. The Morgan fingerprint density at radius 1 is 1.15 bits per heavy atom. The third kappa shape index (κ3) is 2.41. The van der Waals surface area contributed by atoms with Gasteiger partial charge in [0, 0.05) is 23.3 Å². The number of benzene rings is 2. The predicted molar refractivity (Wildman–Crippen MR) is 67.1 cm³/mol. The van der Waals surface area contributed by atoms with Crippen molar-refractivity contribution < 1.29 is 24.3 Å². The first-order valence-corrected chi connectivity index (χ1v) is 5.41. The van der Waals surface area contributed by atoms with Crippen LogP contribution in [0.2, 0.25) is 0 Å². The molecule has 0 aliphatic carbocycles. The fraction of sp³-hybridized carbons (Fsp3) is 0. The van der Waals surface area contributed by atoms with E-state index in [1.807, 2.05) is 0 Å². The standard InChI is InChI=1S/C13H8FNO5/c14-7-1-4-12(16)11(5-7)10-6-8(15(19)20)2-3-9(10)13(17)18/h1-6,16H,(H,17,18). The molecule has 0 unspecified atom stereocenters. The van der Waals surface area contributed by atoms with Gasteiger partial charge in [0.05, 0.1) is 10.5 Å². The number of carboxylic acids is 1. The Kier molecular flexibility index (Phi) is 3.34. The van der Waals surface area contributed by atoms with E-state index in [0.717, 1.165) is 36.4 Å². The molecule has 0 aliphatic rings. The lowest BCUT2D eigenvalue weighted by Crippen LogP contribution is -2.01. The molecule has 20 heavy (non-hydrogen) atoms.